The first kappa shape index (κ1) is 45.9. The SMILES string of the molecule is [3H]C1CNc2cccc(C(C)C)c21.[3H]C1Cc2c(cccc2C(C)C)N1.[3H]N1CCc2c(C(C)C)cccc21.[3H]c1cc2c(c(C(C)C)c1)CCN2.[3H]c1ccc(C(C)C)c2c1NCC2.[3H]c1ccc2c(c1C(C)C)CCN2. The Morgan fingerprint density at radius 1 is 0.347 bits per heavy atom. The lowest BCUT2D eigenvalue weighted by Crippen LogP contribution is -1.93. The van der Waals surface area contributed by atoms with Crippen molar-refractivity contribution in [3.8, 4) is 0 Å². The van der Waals surface area contributed by atoms with Crippen LogP contribution in [0, 0.1) is 0 Å². The zero-order valence-corrected chi connectivity index (χ0v) is 45.8. The molecule has 0 aromatic heterocycles. The molecule has 0 radical (unpaired) electrons. The Hall–Kier alpha value is -5.88. The van der Waals surface area contributed by atoms with Gasteiger partial charge in [-0.15, -0.1) is 0 Å². The fraction of sp³-hybridized carbons (Fsp3) is 0.455. The maximum absolute atomic E-state index is 7.89. The topological polar surface area (TPSA) is 72.2 Å². The van der Waals surface area contributed by atoms with E-state index in [2.05, 4.69) is 164 Å². The van der Waals surface area contributed by atoms with Crippen molar-refractivity contribution in [2.24, 2.45) is 0 Å². The van der Waals surface area contributed by atoms with Gasteiger partial charge in [-0.2, -0.15) is 0 Å². The third-order valence-corrected chi connectivity index (χ3v) is 14.5. The number of anilines is 6. The standard InChI is InChI=1S/6C11H15N/c6*1-8(2)9-4-3-5-11-10(9)6-7-12-11/h6*3-5,8,12H,6-7H2,1-2H3/i7T;6T;5T;4T;3T;/hT. The molecule has 0 saturated carbocycles. The van der Waals surface area contributed by atoms with Gasteiger partial charge >= 0.3 is 0 Å². The summed E-state index contributed by atoms with van der Waals surface area (Å²) in [6, 6.07) is 32.6. The molecule has 0 bridgehead atoms. The second kappa shape index (κ2) is 25.7. The van der Waals surface area contributed by atoms with Crippen molar-refractivity contribution in [3.63, 3.8) is 0 Å². The molecule has 0 saturated heterocycles. The Bertz CT molecular complexity index is 2980. The summed E-state index contributed by atoms with van der Waals surface area (Å²) in [4.78, 5) is 0. The smallest absolute Gasteiger partial charge is 0.160 e. The largest absolute Gasteiger partial charge is 0.384 e. The number of benzene rings is 6. The molecular weight excluding hydrogens is 877 g/mol. The molecule has 0 fully saturated rings. The number of nitrogens with one attached hydrogen (secondary N) is 6. The van der Waals surface area contributed by atoms with E-state index in [4.69, 9.17) is 8.27 Å². The predicted molar refractivity (Wildman–Crippen MR) is 316 cm³/mol. The molecule has 6 aromatic carbocycles. The van der Waals surface area contributed by atoms with Crippen molar-refractivity contribution in [3.05, 3.63) is 176 Å². The highest BCUT2D eigenvalue weighted by Crippen LogP contribution is 2.35. The molecular formula is C66H90N6. The minimum Gasteiger partial charge on any atom is -0.384 e. The molecule has 6 heterocycles. The van der Waals surface area contributed by atoms with Gasteiger partial charge in [0, 0.05) is 76.1 Å². The molecule has 72 heavy (non-hydrogen) atoms. The summed E-state index contributed by atoms with van der Waals surface area (Å²) in [6.45, 7) is 30.8. The van der Waals surface area contributed by atoms with Gasteiger partial charge in [0.25, 0.3) is 0 Å². The molecule has 0 aliphatic carbocycles. The normalized spacial score (nSPS) is 17.9. The minimum atomic E-state index is -0.144. The number of rotatable bonds is 6. The molecule has 6 aliphatic heterocycles. The highest BCUT2D eigenvalue weighted by atomic mass is 14.9. The van der Waals surface area contributed by atoms with Crippen LogP contribution in [0.1, 0.15) is 192 Å². The summed E-state index contributed by atoms with van der Waals surface area (Å²) in [5, 5.41) is 17.9. The van der Waals surface area contributed by atoms with E-state index in [1.54, 1.807) is 5.31 Å². The summed E-state index contributed by atoms with van der Waals surface area (Å²) < 4.78 is 46.4. The molecule has 6 aliphatic rings. The van der Waals surface area contributed by atoms with Crippen LogP contribution in [-0.2, 0) is 38.5 Å². The van der Waals surface area contributed by atoms with Crippen LogP contribution in [0.25, 0.3) is 0 Å². The van der Waals surface area contributed by atoms with Crippen LogP contribution >= 0.6 is 0 Å². The average Bonchev–Trinajstić information content (AvgIpc) is 4.33. The molecule has 384 valence electrons. The van der Waals surface area contributed by atoms with E-state index in [1.807, 2.05) is 36.4 Å². The third-order valence-electron chi connectivity index (χ3n) is 14.5. The van der Waals surface area contributed by atoms with Crippen LogP contribution in [-0.4, -0.2) is 39.2 Å². The van der Waals surface area contributed by atoms with Crippen molar-refractivity contribution < 1.29 is 8.27 Å². The van der Waals surface area contributed by atoms with Crippen molar-refractivity contribution in [2.75, 3.05) is 71.1 Å². The highest BCUT2D eigenvalue weighted by Gasteiger charge is 2.19. The van der Waals surface area contributed by atoms with E-state index < -0.39 is 0 Å². The van der Waals surface area contributed by atoms with Gasteiger partial charge in [0.2, 0.25) is 0 Å². The van der Waals surface area contributed by atoms with E-state index >= 15 is 0 Å². The zero-order chi connectivity index (χ0) is 56.5. The average molecular weight is 980 g/mol. The summed E-state index contributed by atoms with van der Waals surface area (Å²) in [7, 11) is 0. The molecule has 0 spiro atoms. The zero-order valence-electron chi connectivity index (χ0n) is 51.8. The van der Waals surface area contributed by atoms with Gasteiger partial charge < -0.3 is 31.9 Å². The van der Waals surface area contributed by atoms with Crippen molar-refractivity contribution in [2.45, 2.75) is 157 Å². The Morgan fingerprint density at radius 3 is 1.31 bits per heavy atom. The van der Waals surface area contributed by atoms with Crippen molar-refractivity contribution >= 4 is 34.1 Å². The Morgan fingerprint density at radius 2 is 0.722 bits per heavy atom. The first-order valence-corrected chi connectivity index (χ1v) is 27.2. The van der Waals surface area contributed by atoms with Gasteiger partial charge in [0.1, 0.15) is 0 Å². The molecule has 6 N–H and O–H groups in total. The van der Waals surface area contributed by atoms with Gasteiger partial charge in [0.05, 0.1) is 4.11 Å². The lowest BCUT2D eigenvalue weighted by atomic mass is 9.96. The minimum absolute atomic E-state index is 0.0754. The van der Waals surface area contributed by atoms with Crippen LogP contribution in [0.3, 0.4) is 0 Å². The van der Waals surface area contributed by atoms with Gasteiger partial charge in [-0.1, -0.05) is 156 Å². The van der Waals surface area contributed by atoms with Crippen molar-refractivity contribution in [1.82, 2.24) is 0 Å². The second-order valence-electron chi connectivity index (χ2n) is 21.6. The fourth-order valence-electron chi connectivity index (χ4n) is 10.8. The molecule has 6 aromatic rings. The third kappa shape index (κ3) is 13.4. The lowest BCUT2D eigenvalue weighted by molar-refractivity contribution is 0.849. The Balaban J connectivity index is 0.000000136. The van der Waals surface area contributed by atoms with Gasteiger partial charge in [-0.3, -0.25) is 0 Å². The number of hydrogen-bond acceptors (Lipinski definition) is 6. The quantitative estimate of drug-likeness (QED) is 0.0999. The number of hydrogen-bond donors (Lipinski definition) is 6. The molecule has 12 rings (SSSR count). The molecule has 6 nitrogen and oxygen atoms in total. The first-order chi connectivity index (χ1) is 37.2. The molecule has 6 heteroatoms. The fourth-order valence-corrected chi connectivity index (χ4v) is 10.8. The van der Waals surface area contributed by atoms with E-state index in [-0.39, 0.29) is 12.9 Å². The van der Waals surface area contributed by atoms with Crippen LogP contribution in [0.2, 0.25) is 1.41 Å². The van der Waals surface area contributed by atoms with E-state index in [0.29, 0.717) is 53.6 Å². The van der Waals surface area contributed by atoms with E-state index in [0.717, 1.165) is 87.6 Å². The van der Waals surface area contributed by atoms with E-state index in [1.165, 1.54) is 78.1 Å². The molecule has 0 amide bonds. The van der Waals surface area contributed by atoms with Crippen LogP contribution in [0.5, 0.6) is 0 Å². The van der Waals surface area contributed by atoms with Gasteiger partial charge in [-0.05, 0) is 177 Å². The summed E-state index contributed by atoms with van der Waals surface area (Å²) in [5.41, 5.74) is 23.1. The van der Waals surface area contributed by atoms with Crippen LogP contribution < -0.4 is 31.9 Å². The predicted octanol–water partition coefficient (Wildman–Crippen LogP) is 16.7. The molecule has 2 unspecified atom stereocenters. The summed E-state index contributed by atoms with van der Waals surface area (Å²) in [5.74, 6) is 3.20. The summed E-state index contributed by atoms with van der Waals surface area (Å²) >= 11 is 0. The van der Waals surface area contributed by atoms with E-state index in [9.17, 15) is 0 Å². The maximum atomic E-state index is 7.89. The Kier molecular flexibility index (Phi) is 16.4. The van der Waals surface area contributed by atoms with Gasteiger partial charge in [-0.25, -0.2) is 0 Å². The second-order valence-corrected chi connectivity index (χ2v) is 21.6. The van der Waals surface area contributed by atoms with Crippen LogP contribution in [0.4, 0.5) is 34.1 Å². The summed E-state index contributed by atoms with van der Waals surface area (Å²) in [6.07, 6.45) is 5.08. The van der Waals surface area contributed by atoms with Crippen molar-refractivity contribution in [1.29, 1.82) is 0 Å². The van der Waals surface area contributed by atoms with Gasteiger partial charge in [0.15, 0.2) is 1.41 Å². The highest BCUT2D eigenvalue weighted by molar-refractivity contribution is 5.63. The molecule has 2 atom stereocenters. The first-order valence-electron chi connectivity index (χ1n) is 30.3. The number of fused-ring (bicyclic) bond motifs is 6. The maximum Gasteiger partial charge on any atom is 0.160 e. The Labute approximate surface area is 444 Å². The monoisotopic (exact) mass is 979 g/mol. The van der Waals surface area contributed by atoms with Crippen LogP contribution in [0.15, 0.2) is 109 Å². The lowest BCUT2D eigenvalue weighted by Gasteiger charge is -2.10.